The third-order valence-corrected chi connectivity index (χ3v) is 4.65. The first-order valence-corrected chi connectivity index (χ1v) is 8.45. The maximum absolute atomic E-state index is 5.33. The van der Waals surface area contributed by atoms with E-state index in [9.17, 15) is 0 Å². The lowest BCUT2D eigenvalue weighted by Crippen LogP contribution is -2.01. The fraction of sp³-hybridized carbons (Fsp3) is 0.294. The molecule has 0 saturated heterocycles. The Morgan fingerprint density at radius 2 is 1.71 bits per heavy atom. The van der Waals surface area contributed by atoms with Crippen molar-refractivity contribution in [3.63, 3.8) is 0 Å². The molecule has 0 aliphatic heterocycles. The summed E-state index contributed by atoms with van der Waals surface area (Å²) in [7, 11) is 1.67. The highest BCUT2D eigenvalue weighted by atomic mass is 79.9. The van der Waals surface area contributed by atoms with E-state index in [1.807, 2.05) is 12.1 Å². The second-order valence-corrected chi connectivity index (χ2v) is 6.93. The molecule has 0 heterocycles. The Kier molecular flexibility index (Phi) is 5.71. The zero-order valence-corrected chi connectivity index (χ0v) is 15.6. The first kappa shape index (κ1) is 16.4. The number of anilines is 1. The van der Waals surface area contributed by atoms with E-state index in [1.165, 1.54) is 11.1 Å². The van der Waals surface area contributed by atoms with Crippen LogP contribution in [-0.4, -0.2) is 7.11 Å². The van der Waals surface area contributed by atoms with Gasteiger partial charge in [0.05, 0.1) is 17.3 Å². The average Bonchev–Trinajstić information content (AvgIpc) is 2.47. The lowest BCUT2D eigenvalue weighted by atomic mass is 10.0. The van der Waals surface area contributed by atoms with Gasteiger partial charge in [-0.15, -0.1) is 0 Å². The van der Waals surface area contributed by atoms with Crippen LogP contribution in [0.15, 0.2) is 45.3 Å². The van der Waals surface area contributed by atoms with Crippen LogP contribution >= 0.6 is 31.9 Å². The summed E-state index contributed by atoms with van der Waals surface area (Å²) in [5.41, 5.74) is 3.64. The molecule has 0 aliphatic rings. The van der Waals surface area contributed by atoms with Gasteiger partial charge in [0.15, 0.2) is 0 Å². The zero-order chi connectivity index (χ0) is 15.4. The summed E-state index contributed by atoms with van der Waals surface area (Å²) in [5, 5.41) is 3.43. The third kappa shape index (κ3) is 4.24. The van der Waals surface area contributed by atoms with Crippen LogP contribution < -0.4 is 10.1 Å². The fourth-order valence-electron chi connectivity index (χ4n) is 2.04. The number of halogens is 2. The Morgan fingerprint density at radius 3 is 2.29 bits per heavy atom. The molecule has 0 bridgehead atoms. The molecule has 2 rings (SSSR count). The van der Waals surface area contributed by atoms with Gasteiger partial charge in [0.25, 0.3) is 0 Å². The van der Waals surface area contributed by atoms with Crippen LogP contribution in [0.2, 0.25) is 0 Å². The molecule has 0 fully saturated rings. The van der Waals surface area contributed by atoms with Gasteiger partial charge < -0.3 is 10.1 Å². The van der Waals surface area contributed by atoms with Gasteiger partial charge in [0.2, 0.25) is 0 Å². The number of rotatable bonds is 5. The Morgan fingerprint density at radius 1 is 1.05 bits per heavy atom. The predicted molar refractivity (Wildman–Crippen MR) is 96.3 cm³/mol. The smallest absolute Gasteiger partial charge is 0.135 e. The van der Waals surface area contributed by atoms with Crippen LogP contribution in [0.25, 0.3) is 0 Å². The minimum absolute atomic E-state index is 0.567. The minimum Gasteiger partial charge on any atom is -0.495 e. The molecule has 0 radical (unpaired) electrons. The van der Waals surface area contributed by atoms with E-state index < -0.39 is 0 Å². The van der Waals surface area contributed by atoms with Gasteiger partial charge in [-0.05, 0) is 55.0 Å². The normalized spacial score (nSPS) is 10.8. The molecule has 0 unspecified atom stereocenters. The molecule has 112 valence electrons. The topological polar surface area (TPSA) is 21.3 Å². The lowest BCUT2D eigenvalue weighted by molar-refractivity contribution is 0.412. The van der Waals surface area contributed by atoms with Crippen LogP contribution in [0.1, 0.15) is 30.9 Å². The summed E-state index contributed by atoms with van der Waals surface area (Å²) in [5.74, 6) is 1.38. The number of hydrogen-bond donors (Lipinski definition) is 1. The van der Waals surface area contributed by atoms with Crippen molar-refractivity contribution in [3.05, 3.63) is 56.5 Å². The Bertz CT molecular complexity index is 609. The second kappa shape index (κ2) is 7.32. The second-order valence-electron chi connectivity index (χ2n) is 5.22. The van der Waals surface area contributed by atoms with Crippen LogP contribution in [-0.2, 0) is 6.54 Å². The number of hydrogen-bond acceptors (Lipinski definition) is 2. The van der Waals surface area contributed by atoms with Crippen molar-refractivity contribution in [2.45, 2.75) is 26.3 Å². The number of ether oxygens (including phenoxy) is 1. The monoisotopic (exact) mass is 411 g/mol. The largest absolute Gasteiger partial charge is 0.495 e. The summed E-state index contributed by atoms with van der Waals surface area (Å²) < 4.78 is 7.27. The maximum Gasteiger partial charge on any atom is 0.135 e. The first-order valence-electron chi connectivity index (χ1n) is 6.87. The highest BCUT2D eigenvalue weighted by molar-refractivity contribution is 9.11. The molecule has 4 heteroatoms. The summed E-state index contributed by atoms with van der Waals surface area (Å²) in [6.45, 7) is 5.19. The van der Waals surface area contributed by atoms with Crippen LogP contribution in [0.4, 0.5) is 5.69 Å². The summed E-state index contributed by atoms with van der Waals surface area (Å²) in [6, 6.07) is 12.7. The Balaban J connectivity index is 2.09. The summed E-state index contributed by atoms with van der Waals surface area (Å²) in [6.07, 6.45) is 0. The molecule has 2 aromatic carbocycles. The molecule has 1 N–H and O–H groups in total. The Labute approximate surface area is 143 Å². The van der Waals surface area contributed by atoms with Crippen LogP contribution in [0.3, 0.4) is 0 Å². The molecule has 2 nitrogen and oxygen atoms in total. The average molecular weight is 413 g/mol. The quantitative estimate of drug-likeness (QED) is 0.654. The lowest BCUT2D eigenvalue weighted by Gasteiger charge is -2.12. The molecule has 0 atom stereocenters. The van der Waals surface area contributed by atoms with Gasteiger partial charge >= 0.3 is 0 Å². The molecule has 0 saturated carbocycles. The SMILES string of the molecule is COc1cc(NCc2ccc(C(C)C)cc2)c(Br)cc1Br. The number of nitrogens with one attached hydrogen (secondary N) is 1. The van der Waals surface area contributed by atoms with Crippen molar-refractivity contribution in [3.8, 4) is 5.75 Å². The molecule has 2 aromatic rings. The van der Waals surface area contributed by atoms with Crippen molar-refractivity contribution in [1.82, 2.24) is 0 Å². The predicted octanol–water partition coefficient (Wildman–Crippen LogP) is 5.96. The standard InChI is InChI=1S/C17H19Br2NO/c1-11(2)13-6-4-12(5-7-13)10-20-16-9-17(21-3)15(19)8-14(16)18/h4-9,11,20H,10H2,1-3H3. The summed E-state index contributed by atoms with van der Waals surface area (Å²) in [4.78, 5) is 0. The van der Waals surface area contributed by atoms with E-state index in [1.54, 1.807) is 7.11 Å². The van der Waals surface area contributed by atoms with E-state index >= 15 is 0 Å². The third-order valence-electron chi connectivity index (χ3n) is 3.37. The van der Waals surface area contributed by atoms with E-state index in [2.05, 4.69) is 75.3 Å². The molecule has 0 spiro atoms. The Hall–Kier alpha value is -1.000. The number of methoxy groups -OCH3 is 1. The van der Waals surface area contributed by atoms with Crippen LogP contribution in [0.5, 0.6) is 5.75 Å². The maximum atomic E-state index is 5.33. The van der Waals surface area contributed by atoms with Gasteiger partial charge in [0.1, 0.15) is 5.75 Å². The van der Waals surface area contributed by atoms with Gasteiger partial charge in [-0.25, -0.2) is 0 Å². The van der Waals surface area contributed by atoms with Gasteiger partial charge in [0, 0.05) is 17.1 Å². The van der Waals surface area contributed by atoms with E-state index in [4.69, 9.17) is 4.74 Å². The van der Waals surface area contributed by atoms with E-state index in [0.29, 0.717) is 5.92 Å². The van der Waals surface area contributed by atoms with E-state index in [0.717, 1.165) is 26.9 Å². The van der Waals surface area contributed by atoms with Gasteiger partial charge in [-0.1, -0.05) is 38.1 Å². The zero-order valence-electron chi connectivity index (χ0n) is 12.4. The molecular formula is C17H19Br2NO. The van der Waals surface area contributed by atoms with Crippen molar-refractivity contribution < 1.29 is 4.74 Å². The van der Waals surface area contributed by atoms with Crippen molar-refractivity contribution in [2.24, 2.45) is 0 Å². The molecule has 0 aliphatic carbocycles. The molecule has 0 amide bonds. The minimum atomic E-state index is 0.567. The van der Waals surface area contributed by atoms with Crippen molar-refractivity contribution in [1.29, 1.82) is 0 Å². The van der Waals surface area contributed by atoms with Crippen LogP contribution in [0, 0.1) is 0 Å². The van der Waals surface area contributed by atoms with Gasteiger partial charge in [-0.2, -0.15) is 0 Å². The molecule has 21 heavy (non-hydrogen) atoms. The fourth-order valence-corrected chi connectivity index (χ4v) is 3.33. The molecular weight excluding hydrogens is 394 g/mol. The highest BCUT2D eigenvalue weighted by Crippen LogP contribution is 2.34. The van der Waals surface area contributed by atoms with E-state index in [-0.39, 0.29) is 0 Å². The molecule has 0 aromatic heterocycles. The van der Waals surface area contributed by atoms with Crippen molar-refractivity contribution >= 4 is 37.5 Å². The van der Waals surface area contributed by atoms with Crippen molar-refractivity contribution in [2.75, 3.05) is 12.4 Å². The first-order chi connectivity index (χ1) is 10.0. The summed E-state index contributed by atoms with van der Waals surface area (Å²) >= 11 is 7.04. The highest BCUT2D eigenvalue weighted by Gasteiger charge is 2.07. The number of benzene rings is 2. The van der Waals surface area contributed by atoms with Gasteiger partial charge in [-0.3, -0.25) is 0 Å².